The van der Waals surface area contributed by atoms with E-state index >= 15 is 0 Å². The van der Waals surface area contributed by atoms with Gasteiger partial charge in [0.1, 0.15) is 18.1 Å². The predicted molar refractivity (Wildman–Crippen MR) is 112 cm³/mol. The molecule has 3 saturated heterocycles. The van der Waals surface area contributed by atoms with Gasteiger partial charge in [-0.2, -0.15) is 0 Å². The van der Waals surface area contributed by atoms with E-state index in [1.54, 1.807) is 29.2 Å². The van der Waals surface area contributed by atoms with E-state index in [-0.39, 0.29) is 30.8 Å². The second-order valence-electron chi connectivity index (χ2n) is 8.45. The molecule has 10 heteroatoms. The molecule has 0 spiro atoms. The minimum absolute atomic E-state index is 0.125. The number of benzene rings is 1. The van der Waals surface area contributed by atoms with Gasteiger partial charge in [0.15, 0.2) is 0 Å². The van der Waals surface area contributed by atoms with Crippen molar-refractivity contribution in [2.24, 2.45) is 0 Å². The van der Waals surface area contributed by atoms with Gasteiger partial charge in [-0.3, -0.25) is 19.2 Å². The van der Waals surface area contributed by atoms with E-state index < -0.39 is 36.3 Å². The Labute approximate surface area is 185 Å². The lowest BCUT2D eigenvalue weighted by Gasteiger charge is -2.44. The molecular formula is C22H28N4O6. The van der Waals surface area contributed by atoms with Crippen LogP contribution in [0.2, 0.25) is 0 Å². The molecule has 0 saturated carbocycles. The van der Waals surface area contributed by atoms with Crippen LogP contribution in [0.5, 0.6) is 0 Å². The third-order valence-electron chi connectivity index (χ3n) is 6.23. The molecule has 3 heterocycles. The number of nitrogens with one attached hydrogen (secondary N) is 3. The fraction of sp³-hybridized carbons (Fsp3) is 0.545. The van der Waals surface area contributed by atoms with Crippen molar-refractivity contribution in [3.8, 4) is 0 Å². The Balaban J connectivity index is 1.51. The smallest absolute Gasteiger partial charge is 0.310 e. The normalized spacial score (nSPS) is 30.5. The number of rotatable bonds is 4. The first-order valence-electron chi connectivity index (χ1n) is 11.0. The van der Waals surface area contributed by atoms with Gasteiger partial charge in [-0.25, -0.2) is 0 Å². The molecule has 4 rings (SSSR count). The van der Waals surface area contributed by atoms with Crippen molar-refractivity contribution in [1.82, 2.24) is 20.9 Å². The number of nitrogens with zero attached hydrogens (tertiary/aromatic N) is 1. The summed E-state index contributed by atoms with van der Waals surface area (Å²) in [5.74, 6) is -1.68. The average molecular weight is 444 g/mol. The number of esters is 1. The molecule has 32 heavy (non-hydrogen) atoms. The number of piperazine rings is 1. The predicted octanol–water partition coefficient (Wildman–Crippen LogP) is -0.722. The summed E-state index contributed by atoms with van der Waals surface area (Å²) >= 11 is 0. The largest absolute Gasteiger partial charge is 0.434 e. The summed E-state index contributed by atoms with van der Waals surface area (Å²) in [6, 6.07) is 6.10. The summed E-state index contributed by atoms with van der Waals surface area (Å²) in [5, 5.41) is 18.5. The van der Waals surface area contributed by atoms with Crippen LogP contribution in [0.1, 0.15) is 42.5 Å². The first kappa shape index (κ1) is 22.2. The molecule has 0 bridgehead atoms. The van der Waals surface area contributed by atoms with Crippen LogP contribution in [0.4, 0.5) is 0 Å². The van der Waals surface area contributed by atoms with Gasteiger partial charge >= 0.3 is 5.97 Å². The first-order chi connectivity index (χ1) is 15.4. The summed E-state index contributed by atoms with van der Waals surface area (Å²) in [6.07, 6.45) is 1.37. The number of aliphatic hydroxyl groups is 1. The van der Waals surface area contributed by atoms with Crippen molar-refractivity contribution in [3.05, 3.63) is 35.9 Å². The van der Waals surface area contributed by atoms with Gasteiger partial charge in [-0.1, -0.05) is 31.0 Å². The van der Waals surface area contributed by atoms with E-state index in [0.29, 0.717) is 18.5 Å². The molecule has 0 aromatic heterocycles. The maximum atomic E-state index is 13.5. The molecule has 0 radical (unpaired) electrons. The SMILES string of the molecule is O=C1C[C@H](NC(=O)[C@@H]2CNC[C@@H]3CCCC[C@H](NC(=O)c4ccccc4)C(=O)N32)C(O)O1. The highest BCUT2D eigenvalue weighted by molar-refractivity contribution is 5.98. The molecular weight excluding hydrogens is 416 g/mol. The van der Waals surface area contributed by atoms with Crippen LogP contribution >= 0.6 is 0 Å². The lowest BCUT2D eigenvalue weighted by Crippen LogP contribution is -2.67. The zero-order chi connectivity index (χ0) is 22.7. The lowest BCUT2D eigenvalue weighted by atomic mass is 9.94. The summed E-state index contributed by atoms with van der Waals surface area (Å²) < 4.78 is 4.69. The highest BCUT2D eigenvalue weighted by Gasteiger charge is 2.43. The number of fused-ring (bicyclic) bond motifs is 1. The zero-order valence-corrected chi connectivity index (χ0v) is 17.7. The minimum Gasteiger partial charge on any atom is -0.434 e. The number of hydrogen-bond acceptors (Lipinski definition) is 7. The van der Waals surface area contributed by atoms with Crippen LogP contribution in [-0.4, -0.2) is 77.2 Å². The molecule has 4 N–H and O–H groups in total. The molecule has 3 aliphatic heterocycles. The summed E-state index contributed by atoms with van der Waals surface area (Å²) in [7, 11) is 0. The zero-order valence-electron chi connectivity index (χ0n) is 17.7. The quantitative estimate of drug-likeness (QED) is 0.450. The van der Waals surface area contributed by atoms with Gasteiger partial charge in [0.25, 0.3) is 5.91 Å². The van der Waals surface area contributed by atoms with Crippen molar-refractivity contribution < 1.29 is 29.0 Å². The van der Waals surface area contributed by atoms with E-state index in [0.717, 1.165) is 19.3 Å². The Morgan fingerprint density at radius 2 is 1.81 bits per heavy atom. The Hall–Kier alpha value is -2.98. The van der Waals surface area contributed by atoms with Crippen molar-refractivity contribution in [2.45, 2.75) is 62.6 Å². The van der Waals surface area contributed by atoms with Crippen LogP contribution in [0.3, 0.4) is 0 Å². The number of cyclic esters (lactones) is 1. The molecule has 3 amide bonds. The van der Waals surface area contributed by atoms with Gasteiger partial charge in [0.05, 0.1) is 6.42 Å². The van der Waals surface area contributed by atoms with Crippen LogP contribution < -0.4 is 16.0 Å². The fourth-order valence-corrected chi connectivity index (χ4v) is 4.57. The fourth-order valence-electron chi connectivity index (χ4n) is 4.57. The van der Waals surface area contributed by atoms with E-state index in [1.165, 1.54) is 0 Å². The molecule has 3 fully saturated rings. The van der Waals surface area contributed by atoms with Crippen LogP contribution in [-0.2, 0) is 19.1 Å². The van der Waals surface area contributed by atoms with Gasteiger partial charge in [-0.15, -0.1) is 0 Å². The van der Waals surface area contributed by atoms with Gasteiger partial charge in [0, 0.05) is 24.7 Å². The monoisotopic (exact) mass is 444 g/mol. The number of aliphatic hydroxyl groups excluding tert-OH is 1. The third kappa shape index (κ3) is 4.76. The van der Waals surface area contributed by atoms with E-state index in [9.17, 15) is 24.3 Å². The van der Waals surface area contributed by atoms with Crippen molar-refractivity contribution in [1.29, 1.82) is 0 Å². The highest BCUT2D eigenvalue weighted by Crippen LogP contribution is 2.23. The summed E-state index contributed by atoms with van der Waals surface area (Å²) in [5.41, 5.74) is 0.466. The maximum Gasteiger partial charge on any atom is 0.310 e. The molecule has 10 nitrogen and oxygen atoms in total. The number of carbonyl (C=O) groups excluding carboxylic acids is 4. The first-order valence-corrected chi connectivity index (χ1v) is 11.0. The maximum absolute atomic E-state index is 13.5. The Morgan fingerprint density at radius 1 is 1.06 bits per heavy atom. The van der Waals surface area contributed by atoms with Crippen LogP contribution in [0, 0.1) is 0 Å². The second-order valence-corrected chi connectivity index (χ2v) is 8.45. The molecule has 1 aromatic carbocycles. The number of amides is 3. The number of ether oxygens (including phenoxy) is 1. The topological polar surface area (TPSA) is 137 Å². The Bertz CT molecular complexity index is 878. The molecule has 1 aromatic rings. The molecule has 0 aliphatic carbocycles. The Morgan fingerprint density at radius 3 is 2.53 bits per heavy atom. The lowest BCUT2D eigenvalue weighted by molar-refractivity contribution is -0.156. The van der Waals surface area contributed by atoms with E-state index in [4.69, 9.17) is 0 Å². The van der Waals surface area contributed by atoms with Crippen LogP contribution in [0.25, 0.3) is 0 Å². The highest BCUT2D eigenvalue weighted by atomic mass is 16.6. The van der Waals surface area contributed by atoms with Crippen molar-refractivity contribution >= 4 is 23.7 Å². The van der Waals surface area contributed by atoms with Crippen molar-refractivity contribution in [2.75, 3.05) is 13.1 Å². The molecule has 5 atom stereocenters. The van der Waals surface area contributed by atoms with Crippen molar-refractivity contribution in [3.63, 3.8) is 0 Å². The molecule has 172 valence electrons. The van der Waals surface area contributed by atoms with Gasteiger partial charge in [-0.05, 0) is 25.0 Å². The summed E-state index contributed by atoms with van der Waals surface area (Å²) in [4.78, 5) is 52.2. The molecule has 3 aliphatic rings. The van der Waals surface area contributed by atoms with E-state index in [1.807, 2.05) is 6.07 Å². The van der Waals surface area contributed by atoms with Gasteiger partial charge < -0.3 is 30.7 Å². The van der Waals surface area contributed by atoms with Gasteiger partial charge in [0.2, 0.25) is 18.1 Å². The van der Waals surface area contributed by atoms with Crippen LogP contribution in [0.15, 0.2) is 30.3 Å². The average Bonchev–Trinajstić information content (AvgIpc) is 3.10. The number of hydrogen-bond donors (Lipinski definition) is 4. The molecule has 1 unspecified atom stereocenters. The van der Waals surface area contributed by atoms with E-state index in [2.05, 4.69) is 20.7 Å². The number of carbonyl (C=O) groups is 4. The third-order valence-corrected chi connectivity index (χ3v) is 6.23. The second kappa shape index (κ2) is 9.66. The standard InChI is InChI=1S/C22H28N4O6/c27-18-10-16(22(31)32-18)25-20(29)17-12-23-11-14-8-4-5-9-15(21(30)26(14)17)24-19(28)13-6-2-1-3-7-13/h1-3,6-7,14-17,22-23,31H,4-5,8-12H2,(H,24,28)(H,25,29)/t14-,15-,16-,17-,22?/m0/s1. The Kier molecular flexibility index (Phi) is 6.71. The minimum atomic E-state index is -1.40. The summed E-state index contributed by atoms with van der Waals surface area (Å²) in [6.45, 7) is 0.799.